The Morgan fingerprint density at radius 1 is 0.921 bits per heavy atom. The third kappa shape index (κ3) is 11.1. The number of rotatable bonds is 7. The van der Waals surface area contributed by atoms with Crippen molar-refractivity contribution in [1.29, 1.82) is 0 Å². The molecule has 1 fully saturated rings. The van der Waals surface area contributed by atoms with Crippen molar-refractivity contribution in [2.24, 2.45) is 17.2 Å². The zero-order valence-electron chi connectivity index (χ0n) is 19.3. The lowest BCUT2D eigenvalue weighted by atomic mass is 9.96. The number of aliphatic hydroxyl groups is 1. The van der Waals surface area contributed by atoms with Crippen LogP contribution in [-0.2, 0) is 77.5 Å². The number of nitrogens with two attached hydrogens (primary N) is 3. The highest BCUT2D eigenvalue weighted by molar-refractivity contribution is 5.90. The van der Waals surface area contributed by atoms with E-state index in [1.807, 2.05) is 0 Å². The molecule has 0 radical (unpaired) electrons. The van der Waals surface area contributed by atoms with Crippen LogP contribution in [-0.4, -0.2) is 77.1 Å². The van der Waals surface area contributed by atoms with Crippen LogP contribution in [0.3, 0.4) is 0 Å². The van der Waals surface area contributed by atoms with Crippen molar-refractivity contribution in [2.75, 3.05) is 6.54 Å². The molecule has 0 saturated carbocycles. The van der Waals surface area contributed by atoms with Gasteiger partial charge in [0.25, 0.3) is 0 Å². The molecule has 1 rings (SSSR count). The fourth-order valence-corrected chi connectivity index (χ4v) is 2.20. The van der Waals surface area contributed by atoms with Crippen molar-refractivity contribution < 1.29 is 82.6 Å². The molecule has 0 bridgehead atoms. The van der Waals surface area contributed by atoms with Crippen molar-refractivity contribution in [1.82, 2.24) is 0 Å². The summed E-state index contributed by atoms with van der Waals surface area (Å²) in [5.41, 5.74) is 12.6. The van der Waals surface area contributed by atoms with Gasteiger partial charge >= 0.3 is 47.8 Å². The van der Waals surface area contributed by atoms with Gasteiger partial charge in [0.15, 0.2) is 5.60 Å². The molecule has 20 heteroatoms. The minimum absolute atomic E-state index is 0.361. The summed E-state index contributed by atoms with van der Waals surface area (Å²) in [6, 6.07) is -3.00. The van der Waals surface area contributed by atoms with E-state index in [0.29, 0.717) is 0 Å². The lowest BCUT2D eigenvalue weighted by Crippen LogP contribution is -2.45. The van der Waals surface area contributed by atoms with E-state index in [1.165, 1.54) is 0 Å². The fourth-order valence-electron chi connectivity index (χ4n) is 2.20. The Bertz CT molecular complexity index is 952. The molecule has 1 aliphatic rings. The van der Waals surface area contributed by atoms with E-state index in [2.05, 4.69) is 39.1 Å². The predicted octanol–water partition coefficient (Wildman–Crippen LogP) is -4.31. The maximum atomic E-state index is 12.2. The highest BCUT2D eigenvalue weighted by Gasteiger charge is 2.46. The summed E-state index contributed by atoms with van der Waals surface area (Å²) in [4.78, 5) is 126. The zero-order valence-corrected chi connectivity index (χ0v) is 19.3. The Kier molecular flexibility index (Phi) is 12.5. The normalized spacial score (nSPS) is 21.4. The van der Waals surface area contributed by atoms with Gasteiger partial charge in [-0.05, 0) is 12.8 Å². The lowest BCUT2D eigenvalue weighted by molar-refractivity contribution is -0.278. The van der Waals surface area contributed by atoms with Crippen molar-refractivity contribution in [2.45, 2.75) is 56.2 Å². The van der Waals surface area contributed by atoms with Crippen LogP contribution in [0.4, 0.5) is 0 Å². The molecule has 20 nitrogen and oxygen atoms in total. The number of carbonyl (C=O) groups excluding carboxylic acids is 8. The second-order valence-electron chi connectivity index (χ2n) is 7.33. The van der Waals surface area contributed by atoms with Gasteiger partial charge in [-0.2, -0.15) is 0 Å². The summed E-state index contributed by atoms with van der Waals surface area (Å²) in [6.45, 7) is -0.564. The Morgan fingerprint density at radius 3 is 2.18 bits per heavy atom. The van der Waals surface area contributed by atoms with Gasteiger partial charge in [-0.3, -0.25) is 0 Å². The van der Waals surface area contributed by atoms with Crippen LogP contribution < -0.4 is 17.2 Å². The molecular formula is C18H23N3O17. The van der Waals surface area contributed by atoms with Crippen LogP contribution in [0.15, 0.2) is 0 Å². The minimum atomic E-state index is -3.14. The maximum absolute atomic E-state index is 12.2. The lowest BCUT2D eigenvalue weighted by Gasteiger charge is -2.21. The van der Waals surface area contributed by atoms with Crippen LogP contribution >= 0.6 is 0 Å². The first-order valence-electron chi connectivity index (χ1n) is 10.3. The zero-order chi connectivity index (χ0) is 28.9. The van der Waals surface area contributed by atoms with E-state index >= 15 is 0 Å². The molecule has 0 aromatic rings. The van der Waals surface area contributed by atoms with E-state index in [9.17, 15) is 43.5 Å². The van der Waals surface area contributed by atoms with Gasteiger partial charge in [-0.25, -0.2) is 77.5 Å². The Hall–Kier alpha value is -4.40. The van der Waals surface area contributed by atoms with Crippen molar-refractivity contribution in [3.8, 4) is 0 Å². The van der Waals surface area contributed by atoms with Crippen LogP contribution in [0.2, 0.25) is 0 Å². The standard InChI is InChI=1S/C18H23N3O17/c19-7-14(26)35-31-10(22)3-1-8(20)15(27)36-33-12(24)5-18(30)6-13(25)34-37-16(28)9(21)2-4-11(23)32-38-17(18)29/h8-9,30H,1-7,19-21H2/t8-,9-,18?/m1/s1. The van der Waals surface area contributed by atoms with Gasteiger partial charge in [0.05, 0.1) is 32.2 Å². The molecule has 0 amide bonds. The monoisotopic (exact) mass is 553 g/mol. The third-order valence-electron chi connectivity index (χ3n) is 4.22. The summed E-state index contributed by atoms with van der Waals surface area (Å²) < 4.78 is 0. The van der Waals surface area contributed by atoms with Crippen LogP contribution in [0, 0.1) is 0 Å². The van der Waals surface area contributed by atoms with E-state index in [4.69, 9.17) is 17.2 Å². The molecule has 1 unspecified atom stereocenters. The molecule has 1 aliphatic heterocycles. The molecule has 1 saturated heterocycles. The first-order chi connectivity index (χ1) is 17.8. The molecule has 7 N–H and O–H groups in total. The van der Waals surface area contributed by atoms with E-state index in [-0.39, 0.29) is 6.42 Å². The first kappa shape index (κ1) is 31.6. The van der Waals surface area contributed by atoms with Crippen molar-refractivity contribution in [3.05, 3.63) is 0 Å². The first-order valence-corrected chi connectivity index (χ1v) is 10.3. The molecule has 0 spiro atoms. The maximum Gasteiger partial charge on any atom is 0.387 e. The topological polar surface area (TPSA) is 309 Å². The summed E-state index contributed by atoms with van der Waals surface area (Å²) in [7, 11) is 0. The minimum Gasteiger partial charge on any atom is -0.377 e. The Labute approximate surface area is 211 Å². The van der Waals surface area contributed by atoms with E-state index < -0.39 is 104 Å². The predicted molar refractivity (Wildman–Crippen MR) is 106 cm³/mol. The van der Waals surface area contributed by atoms with Crippen molar-refractivity contribution in [3.63, 3.8) is 0 Å². The largest absolute Gasteiger partial charge is 0.387 e. The van der Waals surface area contributed by atoms with Gasteiger partial charge in [0.2, 0.25) is 0 Å². The number of hydrogen-bond donors (Lipinski definition) is 4. The average Bonchev–Trinajstić information content (AvgIpc) is 2.88. The van der Waals surface area contributed by atoms with Gasteiger partial charge in [-0.1, -0.05) is 0 Å². The summed E-state index contributed by atoms with van der Waals surface area (Å²) in [6.07, 6.45) is -4.78. The van der Waals surface area contributed by atoms with Crippen LogP contribution in [0.25, 0.3) is 0 Å². The van der Waals surface area contributed by atoms with E-state index in [0.717, 1.165) is 0 Å². The Morgan fingerprint density at radius 2 is 1.53 bits per heavy atom. The molecule has 38 heavy (non-hydrogen) atoms. The van der Waals surface area contributed by atoms with Crippen LogP contribution in [0.1, 0.15) is 38.5 Å². The Balaban J connectivity index is 2.69. The molecule has 212 valence electrons. The average molecular weight is 553 g/mol. The summed E-state index contributed by atoms with van der Waals surface area (Å²) >= 11 is 0. The molecule has 1 heterocycles. The van der Waals surface area contributed by atoms with Gasteiger partial charge < -0.3 is 22.3 Å². The summed E-state index contributed by atoms with van der Waals surface area (Å²) in [5, 5.41) is 10.5. The molecule has 3 atom stereocenters. The molecule has 0 aromatic carbocycles. The third-order valence-corrected chi connectivity index (χ3v) is 4.22. The summed E-state index contributed by atoms with van der Waals surface area (Å²) in [5.74, 6) is -11.2. The van der Waals surface area contributed by atoms with Gasteiger partial charge in [-0.15, -0.1) is 0 Å². The van der Waals surface area contributed by atoms with Gasteiger partial charge in [0.1, 0.15) is 12.1 Å². The number of hydrogen-bond acceptors (Lipinski definition) is 20. The molecule has 0 aliphatic carbocycles. The quantitative estimate of drug-likeness (QED) is 0.171. The smallest absolute Gasteiger partial charge is 0.377 e. The highest BCUT2D eigenvalue weighted by Crippen LogP contribution is 2.21. The van der Waals surface area contributed by atoms with E-state index in [1.54, 1.807) is 0 Å². The number of carbonyl (C=O) groups is 8. The molecular weight excluding hydrogens is 530 g/mol. The molecule has 0 aromatic heterocycles. The van der Waals surface area contributed by atoms with Gasteiger partial charge in [0, 0.05) is 0 Å². The van der Waals surface area contributed by atoms with Crippen molar-refractivity contribution >= 4 is 47.8 Å². The fraction of sp³-hybridized carbons (Fsp3) is 0.556. The highest BCUT2D eigenvalue weighted by atomic mass is 17.2. The SMILES string of the molecule is NCC(=O)OOC(=O)CC[C@@H](N)C(=O)OOC(=O)CC1(O)CC(=O)OOC(=O)[C@H](N)CCC(=O)OOC1=O. The second kappa shape index (κ2) is 15.0. The van der Waals surface area contributed by atoms with Crippen LogP contribution in [0.5, 0.6) is 0 Å². The second-order valence-corrected chi connectivity index (χ2v) is 7.33.